The molecular formula is C22H27NO6. The van der Waals surface area contributed by atoms with Crippen LogP contribution in [0, 0.1) is 13.8 Å². The van der Waals surface area contributed by atoms with E-state index in [9.17, 15) is 9.59 Å². The molecule has 156 valence electrons. The summed E-state index contributed by atoms with van der Waals surface area (Å²) in [6.45, 7) is 6.30. The Hall–Kier alpha value is -3.22. The number of esters is 1. The standard InChI is InChI=1S/C22H27NO6/c1-7-23-14(2)10-17(15(23)3)18(24)13-29-22(25)9-8-16-11-20(27-5)21(28-6)12-19(16)26-4/h8-12H,7,13H2,1-6H3/b9-8+. The Labute approximate surface area is 170 Å². The monoisotopic (exact) mass is 401 g/mol. The van der Waals surface area contributed by atoms with Gasteiger partial charge in [-0.1, -0.05) is 0 Å². The molecule has 0 bridgehead atoms. The van der Waals surface area contributed by atoms with Crippen molar-refractivity contribution in [2.45, 2.75) is 27.3 Å². The van der Waals surface area contributed by atoms with E-state index in [2.05, 4.69) is 0 Å². The summed E-state index contributed by atoms with van der Waals surface area (Å²) in [5.41, 5.74) is 3.05. The lowest BCUT2D eigenvalue weighted by atomic mass is 10.1. The Bertz CT molecular complexity index is 926. The average Bonchev–Trinajstić information content (AvgIpc) is 3.02. The van der Waals surface area contributed by atoms with E-state index in [0.717, 1.165) is 17.9 Å². The summed E-state index contributed by atoms with van der Waals surface area (Å²) in [5.74, 6) is 0.666. The molecule has 0 amide bonds. The zero-order chi connectivity index (χ0) is 21.6. The second-order valence-electron chi connectivity index (χ2n) is 6.34. The highest BCUT2D eigenvalue weighted by molar-refractivity contribution is 6.00. The first kappa shape index (κ1) is 22.1. The molecule has 2 aromatic rings. The SMILES string of the molecule is CCn1c(C)cc(C(=O)COC(=O)/C=C/c2cc(OC)c(OC)cc2OC)c1C. The third-order valence-corrected chi connectivity index (χ3v) is 4.67. The molecule has 0 saturated heterocycles. The third kappa shape index (κ3) is 4.99. The summed E-state index contributed by atoms with van der Waals surface area (Å²) in [5, 5.41) is 0. The Balaban J connectivity index is 2.07. The van der Waals surface area contributed by atoms with Crippen LogP contribution in [0.1, 0.15) is 34.2 Å². The predicted molar refractivity (Wildman–Crippen MR) is 110 cm³/mol. The van der Waals surface area contributed by atoms with Crippen LogP contribution in [-0.2, 0) is 16.1 Å². The molecule has 1 aromatic heterocycles. The first-order valence-electron chi connectivity index (χ1n) is 9.21. The summed E-state index contributed by atoms with van der Waals surface area (Å²) in [6.07, 6.45) is 2.78. The fourth-order valence-corrected chi connectivity index (χ4v) is 3.17. The highest BCUT2D eigenvalue weighted by Crippen LogP contribution is 2.35. The highest BCUT2D eigenvalue weighted by atomic mass is 16.5. The van der Waals surface area contributed by atoms with Crippen molar-refractivity contribution in [1.29, 1.82) is 0 Å². The first-order chi connectivity index (χ1) is 13.9. The van der Waals surface area contributed by atoms with E-state index in [0.29, 0.717) is 28.4 Å². The molecule has 0 N–H and O–H groups in total. The van der Waals surface area contributed by atoms with Gasteiger partial charge in [-0.25, -0.2) is 4.79 Å². The Morgan fingerprint density at radius 1 is 0.966 bits per heavy atom. The number of benzene rings is 1. The number of hydrogen-bond acceptors (Lipinski definition) is 6. The maximum absolute atomic E-state index is 12.4. The zero-order valence-electron chi connectivity index (χ0n) is 17.7. The van der Waals surface area contributed by atoms with Gasteiger partial charge in [0.2, 0.25) is 5.78 Å². The number of aromatic nitrogens is 1. The van der Waals surface area contributed by atoms with Crippen molar-refractivity contribution in [1.82, 2.24) is 4.57 Å². The number of methoxy groups -OCH3 is 3. The Kier molecular flexibility index (Phi) is 7.47. The quantitative estimate of drug-likeness (QED) is 0.363. The van der Waals surface area contributed by atoms with E-state index in [4.69, 9.17) is 18.9 Å². The van der Waals surface area contributed by atoms with Gasteiger partial charge in [-0.15, -0.1) is 0 Å². The number of ketones is 1. The van der Waals surface area contributed by atoms with Gasteiger partial charge in [0, 0.05) is 41.2 Å². The zero-order valence-corrected chi connectivity index (χ0v) is 17.7. The van der Waals surface area contributed by atoms with E-state index in [1.54, 1.807) is 12.1 Å². The van der Waals surface area contributed by atoms with Gasteiger partial charge in [0.25, 0.3) is 0 Å². The molecule has 0 fully saturated rings. The van der Waals surface area contributed by atoms with Crippen LogP contribution < -0.4 is 14.2 Å². The number of carbonyl (C=O) groups excluding carboxylic acids is 2. The molecule has 0 unspecified atom stereocenters. The van der Waals surface area contributed by atoms with E-state index in [-0.39, 0.29) is 12.4 Å². The van der Waals surface area contributed by atoms with Gasteiger partial charge in [0.05, 0.1) is 21.3 Å². The minimum Gasteiger partial charge on any atom is -0.496 e. The minimum absolute atomic E-state index is 0.233. The summed E-state index contributed by atoms with van der Waals surface area (Å²) >= 11 is 0. The van der Waals surface area contributed by atoms with E-state index >= 15 is 0 Å². The molecule has 0 aliphatic heterocycles. The van der Waals surface area contributed by atoms with E-state index < -0.39 is 5.97 Å². The van der Waals surface area contributed by atoms with Crippen molar-refractivity contribution in [3.8, 4) is 17.2 Å². The number of Topliss-reactive ketones (excluding diaryl/α,β-unsaturated/α-hetero) is 1. The van der Waals surface area contributed by atoms with Crippen LogP contribution in [0.2, 0.25) is 0 Å². The topological polar surface area (TPSA) is 76.0 Å². The van der Waals surface area contributed by atoms with Crippen molar-refractivity contribution in [2.75, 3.05) is 27.9 Å². The molecule has 0 atom stereocenters. The van der Waals surface area contributed by atoms with E-state index in [1.807, 2.05) is 31.4 Å². The lowest BCUT2D eigenvalue weighted by Crippen LogP contribution is -2.13. The smallest absolute Gasteiger partial charge is 0.331 e. The predicted octanol–water partition coefficient (Wildman–Crippen LogP) is 3.59. The van der Waals surface area contributed by atoms with Gasteiger partial charge in [-0.2, -0.15) is 0 Å². The van der Waals surface area contributed by atoms with Gasteiger partial charge in [-0.3, -0.25) is 4.79 Å². The molecule has 7 nitrogen and oxygen atoms in total. The van der Waals surface area contributed by atoms with Crippen LogP contribution in [0.5, 0.6) is 17.2 Å². The van der Waals surface area contributed by atoms with Crippen LogP contribution in [-0.4, -0.2) is 44.3 Å². The van der Waals surface area contributed by atoms with Crippen LogP contribution >= 0.6 is 0 Å². The number of rotatable bonds is 9. The first-order valence-corrected chi connectivity index (χ1v) is 9.21. The number of nitrogens with zero attached hydrogens (tertiary/aromatic N) is 1. The lowest BCUT2D eigenvalue weighted by Gasteiger charge is -2.12. The van der Waals surface area contributed by atoms with Crippen LogP contribution in [0.25, 0.3) is 6.08 Å². The molecule has 7 heteroatoms. The molecule has 29 heavy (non-hydrogen) atoms. The molecule has 0 aliphatic rings. The van der Waals surface area contributed by atoms with Crippen molar-refractivity contribution >= 4 is 17.8 Å². The molecule has 0 saturated carbocycles. The number of ether oxygens (including phenoxy) is 4. The number of hydrogen-bond donors (Lipinski definition) is 0. The summed E-state index contributed by atoms with van der Waals surface area (Å²) in [6, 6.07) is 5.17. The fraction of sp³-hybridized carbons (Fsp3) is 0.364. The van der Waals surface area contributed by atoms with Gasteiger partial charge < -0.3 is 23.5 Å². The molecule has 1 heterocycles. The van der Waals surface area contributed by atoms with Crippen LogP contribution in [0.15, 0.2) is 24.3 Å². The normalized spacial score (nSPS) is 10.8. The van der Waals surface area contributed by atoms with Crippen molar-refractivity contribution < 1.29 is 28.5 Å². The molecule has 0 radical (unpaired) electrons. The molecule has 0 aliphatic carbocycles. The summed E-state index contributed by atoms with van der Waals surface area (Å²) < 4.78 is 23.0. The van der Waals surface area contributed by atoms with Gasteiger partial charge in [0.1, 0.15) is 5.75 Å². The third-order valence-electron chi connectivity index (χ3n) is 4.67. The molecular weight excluding hydrogens is 374 g/mol. The maximum atomic E-state index is 12.4. The van der Waals surface area contributed by atoms with Gasteiger partial charge in [0.15, 0.2) is 18.1 Å². The van der Waals surface area contributed by atoms with Crippen molar-refractivity contribution in [3.05, 3.63) is 46.8 Å². The number of aryl methyl sites for hydroxylation is 1. The maximum Gasteiger partial charge on any atom is 0.331 e. The van der Waals surface area contributed by atoms with Crippen molar-refractivity contribution in [2.24, 2.45) is 0 Å². The van der Waals surface area contributed by atoms with Gasteiger partial charge in [-0.05, 0) is 39.0 Å². The Morgan fingerprint density at radius 3 is 2.14 bits per heavy atom. The second kappa shape index (κ2) is 9.82. The Morgan fingerprint density at radius 2 is 1.59 bits per heavy atom. The summed E-state index contributed by atoms with van der Waals surface area (Å²) in [7, 11) is 4.56. The number of carbonyl (C=O) groups is 2. The molecule has 1 aromatic carbocycles. The lowest BCUT2D eigenvalue weighted by molar-refractivity contribution is -0.136. The average molecular weight is 401 g/mol. The van der Waals surface area contributed by atoms with Crippen LogP contribution in [0.4, 0.5) is 0 Å². The van der Waals surface area contributed by atoms with Gasteiger partial charge >= 0.3 is 5.97 Å². The summed E-state index contributed by atoms with van der Waals surface area (Å²) in [4.78, 5) is 24.5. The molecule has 0 spiro atoms. The van der Waals surface area contributed by atoms with Crippen molar-refractivity contribution in [3.63, 3.8) is 0 Å². The van der Waals surface area contributed by atoms with E-state index in [1.165, 1.54) is 33.5 Å². The largest absolute Gasteiger partial charge is 0.496 e. The molecule has 2 rings (SSSR count). The fourth-order valence-electron chi connectivity index (χ4n) is 3.17. The highest BCUT2D eigenvalue weighted by Gasteiger charge is 2.16. The van der Waals surface area contributed by atoms with Crippen LogP contribution in [0.3, 0.4) is 0 Å². The second-order valence-corrected chi connectivity index (χ2v) is 6.34. The minimum atomic E-state index is -0.625.